The maximum atomic E-state index is 12.6. The number of carbonyl (C=O) groups is 3. The molecule has 1 fully saturated rings. The van der Waals surface area contributed by atoms with Crippen molar-refractivity contribution in [2.45, 2.75) is 20.3 Å². The number of hydrogen-bond donors (Lipinski definition) is 2. The highest BCUT2D eigenvalue weighted by Gasteiger charge is 2.35. The van der Waals surface area contributed by atoms with Crippen LogP contribution in [0.15, 0.2) is 48.5 Å². The van der Waals surface area contributed by atoms with Crippen molar-refractivity contribution in [3.63, 3.8) is 0 Å². The van der Waals surface area contributed by atoms with Crippen molar-refractivity contribution in [3.8, 4) is 5.75 Å². The highest BCUT2D eigenvalue weighted by atomic mass is 16.5. The Morgan fingerprint density at radius 3 is 2.43 bits per heavy atom. The molecule has 0 saturated carbocycles. The Kier molecular flexibility index (Phi) is 5.93. The zero-order valence-corrected chi connectivity index (χ0v) is 15.9. The molecule has 1 saturated heterocycles. The van der Waals surface area contributed by atoms with E-state index in [2.05, 4.69) is 10.6 Å². The number of benzene rings is 2. The van der Waals surface area contributed by atoms with Gasteiger partial charge in [-0.2, -0.15) is 0 Å². The van der Waals surface area contributed by atoms with Crippen LogP contribution < -0.4 is 20.3 Å². The van der Waals surface area contributed by atoms with Crippen LogP contribution in [0.2, 0.25) is 0 Å². The Bertz CT molecular complexity index is 879. The van der Waals surface area contributed by atoms with Crippen molar-refractivity contribution >= 4 is 34.8 Å². The van der Waals surface area contributed by atoms with Gasteiger partial charge in [-0.3, -0.25) is 14.4 Å². The summed E-state index contributed by atoms with van der Waals surface area (Å²) >= 11 is 0. The Morgan fingerprint density at radius 1 is 1.11 bits per heavy atom. The summed E-state index contributed by atoms with van der Waals surface area (Å²) in [5.74, 6) is -0.191. The van der Waals surface area contributed by atoms with Gasteiger partial charge in [0.2, 0.25) is 17.7 Å². The van der Waals surface area contributed by atoms with E-state index in [0.717, 1.165) is 11.4 Å². The lowest BCUT2D eigenvalue weighted by atomic mass is 10.1. The summed E-state index contributed by atoms with van der Waals surface area (Å²) in [6.07, 6.45) is 0.157. The quantitative estimate of drug-likeness (QED) is 0.805. The molecule has 0 unspecified atom stereocenters. The summed E-state index contributed by atoms with van der Waals surface area (Å²) < 4.78 is 5.42. The topological polar surface area (TPSA) is 87.7 Å². The molecule has 3 amide bonds. The third kappa shape index (κ3) is 4.68. The van der Waals surface area contributed by atoms with Crippen molar-refractivity contribution in [1.29, 1.82) is 0 Å². The molecule has 3 rings (SSSR count). The molecule has 2 N–H and O–H groups in total. The Balaban J connectivity index is 1.64. The second-order valence-electron chi connectivity index (χ2n) is 6.58. The largest absolute Gasteiger partial charge is 0.494 e. The highest BCUT2D eigenvalue weighted by Crippen LogP contribution is 2.28. The first-order chi connectivity index (χ1) is 13.5. The number of rotatable bonds is 6. The first kappa shape index (κ1) is 19.4. The van der Waals surface area contributed by atoms with E-state index in [0.29, 0.717) is 24.5 Å². The van der Waals surface area contributed by atoms with Crippen LogP contribution in [-0.4, -0.2) is 30.9 Å². The monoisotopic (exact) mass is 381 g/mol. The maximum Gasteiger partial charge on any atom is 0.229 e. The van der Waals surface area contributed by atoms with Crippen LogP contribution in [0.4, 0.5) is 17.1 Å². The van der Waals surface area contributed by atoms with Gasteiger partial charge >= 0.3 is 0 Å². The van der Waals surface area contributed by atoms with Gasteiger partial charge in [-0.25, -0.2) is 0 Å². The third-order valence-electron chi connectivity index (χ3n) is 4.41. The molecule has 2 aromatic rings. The second kappa shape index (κ2) is 8.56. The van der Waals surface area contributed by atoms with Gasteiger partial charge < -0.3 is 20.3 Å². The van der Waals surface area contributed by atoms with Crippen LogP contribution >= 0.6 is 0 Å². The molecule has 0 aromatic heterocycles. The summed E-state index contributed by atoms with van der Waals surface area (Å²) in [6.45, 7) is 4.23. The van der Waals surface area contributed by atoms with Crippen LogP contribution in [0.3, 0.4) is 0 Å². The zero-order chi connectivity index (χ0) is 20.1. The molecule has 7 heteroatoms. The lowest BCUT2D eigenvalue weighted by molar-refractivity contribution is -0.122. The molecule has 1 aliphatic rings. The predicted molar refractivity (Wildman–Crippen MR) is 107 cm³/mol. The number of ether oxygens (including phenoxy) is 1. The molecule has 0 aliphatic carbocycles. The Hall–Kier alpha value is -3.35. The Labute approximate surface area is 163 Å². The van der Waals surface area contributed by atoms with Crippen LogP contribution in [-0.2, 0) is 14.4 Å². The van der Waals surface area contributed by atoms with E-state index in [1.807, 2.05) is 31.2 Å². The molecular weight excluding hydrogens is 358 g/mol. The molecule has 0 spiro atoms. The van der Waals surface area contributed by atoms with E-state index in [-0.39, 0.29) is 24.1 Å². The van der Waals surface area contributed by atoms with Crippen molar-refractivity contribution < 1.29 is 19.1 Å². The molecule has 7 nitrogen and oxygen atoms in total. The Morgan fingerprint density at radius 2 is 1.79 bits per heavy atom. The molecule has 1 aliphatic heterocycles. The van der Waals surface area contributed by atoms with Crippen LogP contribution in [0.5, 0.6) is 5.75 Å². The van der Waals surface area contributed by atoms with Gasteiger partial charge in [0.25, 0.3) is 0 Å². The fourth-order valence-corrected chi connectivity index (χ4v) is 3.14. The molecule has 0 bridgehead atoms. The normalized spacial score (nSPS) is 16.0. The van der Waals surface area contributed by atoms with E-state index in [9.17, 15) is 14.4 Å². The van der Waals surface area contributed by atoms with Gasteiger partial charge in [-0.05, 0) is 49.4 Å². The number of carbonyl (C=O) groups excluding carboxylic acids is 3. The minimum absolute atomic E-state index is 0.0868. The summed E-state index contributed by atoms with van der Waals surface area (Å²) in [5, 5.41) is 5.50. The lowest BCUT2D eigenvalue weighted by Gasteiger charge is -2.17. The van der Waals surface area contributed by atoms with Crippen molar-refractivity contribution in [3.05, 3.63) is 48.5 Å². The second-order valence-corrected chi connectivity index (χ2v) is 6.58. The van der Waals surface area contributed by atoms with Crippen LogP contribution in [0.1, 0.15) is 20.3 Å². The average Bonchev–Trinajstić information content (AvgIpc) is 3.04. The number of hydrogen-bond acceptors (Lipinski definition) is 4. The lowest BCUT2D eigenvalue weighted by Crippen LogP contribution is -2.28. The standard InChI is InChI=1S/C21H23N3O4/c1-3-28-19-9-7-18(8-10-19)24-13-15(11-20(24)26)21(27)23-17-6-4-5-16(12-17)22-14(2)25/h4-10,12,15H,3,11,13H2,1-2H3,(H,22,25)(H,23,27)/t15-/m0/s1. The molecule has 1 atom stereocenters. The highest BCUT2D eigenvalue weighted by molar-refractivity contribution is 6.03. The van der Waals surface area contributed by atoms with Crippen molar-refractivity contribution in [1.82, 2.24) is 0 Å². The number of nitrogens with zero attached hydrogens (tertiary/aromatic N) is 1. The van der Waals surface area contributed by atoms with E-state index in [4.69, 9.17) is 4.74 Å². The summed E-state index contributed by atoms with van der Waals surface area (Å²) in [4.78, 5) is 37.8. The molecule has 0 radical (unpaired) electrons. The first-order valence-electron chi connectivity index (χ1n) is 9.18. The molecule has 1 heterocycles. The summed E-state index contributed by atoms with van der Waals surface area (Å²) in [5.41, 5.74) is 1.92. The van der Waals surface area contributed by atoms with E-state index in [1.54, 1.807) is 29.2 Å². The van der Waals surface area contributed by atoms with Gasteiger partial charge in [0, 0.05) is 37.0 Å². The molecule has 2 aromatic carbocycles. The number of nitrogens with one attached hydrogen (secondary N) is 2. The SMILES string of the molecule is CCOc1ccc(N2C[C@@H](C(=O)Nc3cccc(NC(C)=O)c3)CC2=O)cc1. The minimum atomic E-state index is -0.441. The van der Waals surface area contributed by atoms with Gasteiger partial charge in [-0.15, -0.1) is 0 Å². The molecule has 28 heavy (non-hydrogen) atoms. The zero-order valence-electron chi connectivity index (χ0n) is 15.9. The first-order valence-corrected chi connectivity index (χ1v) is 9.18. The fourth-order valence-electron chi connectivity index (χ4n) is 3.14. The van der Waals surface area contributed by atoms with Gasteiger partial charge in [0.15, 0.2) is 0 Å². The number of amides is 3. The van der Waals surface area contributed by atoms with Gasteiger partial charge in [0.05, 0.1) is 12.5 Å². The van der Waals surface area contributed by atoms with Crippen LogP contribution in [0, 0.1) is 5.92 Å². The average molecular weight is 381 g/mol. The van der Waals surface area contributed by atoms with Gasteiger partial charge in [-0.1, -0.05) is 6.07 Å². The predicted octanol–water partition coefficient (Wildman–Crippen LogP) is 3.04. The van der Waals surface area contributed by atoms with E-state index >= 15 is 0 Å². The van der Waals surface area contributed by atoms with E-state index < -0.39 is 5.92 Å². The van der Waals surface area contributed by atoms with Crippen molar-refractivity contribution in [2.75, 3.05) is 28.7 Å². The summed E-state index contributed by atoms with van der Waals surface area (Å²) in [6, 6.07) is 14.2. The summed E-state index contributed by atoms with van der Waals surface area (Å²) in [7, 11) is 0. The minimum Gasteiger partial charge on any atom is -0.494 e. The smallest absolute Gasteiger partial charge is 0.229 e. The number of anilines is 3. The molecule has 146 valence electrons. The third-order valence-corrected chi connectivity index (χ3v) is 4.41. The van der Waals surface area contributed by atoms with E-state index in [1.165, 1.54) is 6.92 Å². The maximum absolute atomic E-state index is 12.6. The molecular formula is C21H23N3O4. The fraction of sp³-hybridized carbons (Fsp3) is 0.286. The van der Waals surface area contributed by atoms with Crippen LogP contribution in [0.25, 0.3) is 0 Å². The van der Waals surface area contributed by atoms with Crippen molar-refractivity contribution in [2.24, 2.45) is 5.92 Å². The van der Waals surface area contributed by atoms with Gasteiger partial charge in [0.1, 0.15) is 5.75 Å².